The van der Waals surface area contributed by atoms with Gasteiger partial charge in [-0.1, -0.05) is 30.3 Å². The monoisotopic (exact) mass is 307 g/mol. The molecule has 2 rings (SSSR count). The van der Waals surface area contributed by atoms with E-state index in [0.717, 1.165) is 37.4 Å². The van der Waals surface area contributed by atoms with Crippen molar-refractivity contribution in [1.82, 2.24) is 10.2 Å². The molecule has 0 saturated carbocycles. The van der Waals surface area contributed by atoms with Crippen molar-refractivity contribution in [2.24, 2.45) is 5.73 Å². The molecule has 3 N–H and O–H groups in total. The fourth-order valence-corrected chi connectivity index (χ4v) is 3.24. The summed E-state index contributed by atoms with van der Waals surface area (Å²) in [5.41, 5.74) is 7.27. The summed E-state index contributed by atoms with van der Waals surface area (Å²) in [6.45, 7) is 2.50. The SMILES string of the molecule is CSCC[C@@H]1CNCCN1C(=O)[C@@H](N)Cc1ccccc1. The van der Waals surface area contributed by atoms with E-state index in [1.54, 1.807) is 0 Å². The number of carbonyl (C=O) groups excluding carboxylic acids is 1. The summed E-state index contributed by atoms with van der Waals surface area (Å²) in [6.07, 6.45) is 3.74. The van der Waals surface area contributed by atoms with Gasteiger partial charge in [0.25, 0.3) is 0 Å². The number of nitrogens with one attached hydrogen (secondary N) is 1. The molecule has 1 aliphatic heterocycles. The Morgan fingerprint density at radius 1 is 1.48 bits per heavy atom. The molecule has 2 atom stereocenters. The first-order valence-electron chi connectivity index (χ1n) is 7.52. The zero-order chi connectivity index (χ0) is 15.1. The number of piperazine rings is 1. The van der Waals surface area contributed by atoms with Gasteiger partial charge in [0.1, 0.15) is 0 Å². The van der Waals surface area contributed by atoms with E-state index in [2.05, 4.69) is 11.6 Å². The van der Waals surface area contributed by atoms with Gasteiger partial charge < -0.3 is 16.0 Å². The summed E-state index contributed by atoms with van der Waals surface area (Å²) < 4.78 is 0. The van der Waals surface area contributed by atoms with Crippen LogP contribution in [0.25, 0.3) is 0 Å². The third-order valence-corrected chi connectivity index (χ3v) is 4.55. The van der Waals surface area contributed by atoms with Crippen molar-refractivity contribution in [1.29, 1.82) is 0 Å². The Morgan fingerprint density at radius 2 is 2.24 bits per heavy atom. The summed E-state index contributed by atoms with van der Waals surface area (Å²) in [4.78, 5) is 14.6. The molecular weight excluding hydrogens is 282 g/mol. The van der Waals surface area contributed by atoms with Crippen LogP contribution in [0.15, 0.2) is 30.3 Å². The van der Waals surface area contributed by atoms with Gasteiger partial charge >= 0.3 is 0 Å². The molecule has 1 fully saturated rings. The minimum atomic E-state index is -0.442. The van der Waals surface area contributed by atoms with Crippen molar-refractivity contribution in [3.8, 4) is 0 Å². The van der Waals surface area contributed by atoms with Gasteiger partial charge in [0.2, 0.25) is 5.91 Å². The molecule has 1 heterocycles. The van der Waals surface area contributed by atoms with Crippen LogP contribution in [-0.4, -0.2) is 54.5 Å². The number of nitrogens with two attached hydrogens (primary N) is 1. The minimum Gasteiger partial charge on any atom is -0.336 e. The van der Waals surface area contributed by atoms with Gasteiger partial charge in [0.15, 0.2) is 0 Å². The summed E-state index contributed by atoms with van der Waals surface area (Å²) in [5, 5.41) is 3.37. The third-order valence-electron chi connectivity index (χ3n) is 3.90. The zero-order valence-corrected chi connectivity index (χ0v) is 13.4. The topological polar surface area (TPSA) is 58.4 Å². The number of amides is 1. The lowest BCUT2D eigenvalue weighted by molar-refractivity contribution is -0.135. The fourth-order valence-electron chi connectivity index (χ4n) is 2.73. The predicted octanol–water partition coefficient (Wildman–Crippen LogP) is 1.11. The highest BCUT2D eigenvalue weighted by Crippen LogP contribution is 2.13. The van der Waals surface area contributed by atoms with E-state index in [1.165, 1.54) is 0 Å². The Hall–Kier alpha value is -1.04. The Labute approximate surface area is 131 Å². The van der Waals surface area contributed by atoms with E-state index in [1.807, 2.05) is 47.0 Å². The molecule has 1 aliphatic rings. The van der Waals surface area contributed by atoms with E-state index >= 15 is 0 Å². The molecule has 116 valence electrons. The van der Waals surface area contributed by atoms with E-state index in [0.29, 0.717) is 6.42 Å². The lowest BCUT2D eigenvalue weighted by atomic mass is 10.0. The van der Waals surface area contributed by atoms with Crippen LogP contribution in [0.3, 0.4) is 0 Å². The molecule has 0 aliphatic carbocycles. The van der Waals surface area contributed by atoms with Crippen molar-refractivity contribution < 1.29 is 4.79 Å². The second kappa shape index (κ2) is 8.41. The Balaban J connectivity index is 1.95. The Bertz CT molecular complexity index is 440. The second-order valence-electron chi connectivity index (χ2n) is 5.47. The molecule has 0 unspecified atom stereocenters. The average molecular weight is 307 g/mol. The summed E-state index contributed by atoms with van der Waals surface area (Å²) in [7, 11) is 0. The van der Waals surface area contributed by atoms with Gasteiger partial charge in [-0.15, -0.1) is 0 Å². The van der Waals surface area contributed by atoms with Gasteiger partial charge in [-0.2, -0.15) is 11.8 Å². The molecule has 1 amide bonds. The second-order valence-corrected chi connectivity index (χ2v) is 6.45. The summed E-state index contributed by atoms with van der Waals surface area (Å²) in [5.74, 6) is 1.16. The van der Waals surface area contributed by atoms with Crippen molar-refractivity contribution in [2.75, 3.05) is 31.6 Å². The highest BCUT2D eigenvalue weighted by atomic mass is 32.2. The number of hydrogen-bond donors (Lipinski definition) is 2. The van der Waals surface area contributed by atoms with Crippen LogP contribution in [0, 0.1) is 0 Å². The molecule has 0 spiro atoms. The molecule has 5 heteroatoms. The number of nitrogens with zero attached hydrogens (tertiary/aromatic N) is 1. The Morgan fingerprint density at radius 3 is 2.95 bits per heavy atom. The van der Waals surface area contributed by atoms with E-state index in [9.17, 15) is 4.79 Å². The molecule has 1 aromatic carbocycles. The number of hydrogen-bond acceptors (Lipinski definition) is 4. The number of rotatable bonds is 6. The first-order chi connectivity index (χ1) is 10.2. The quantitative estimate of drug-likeness (QED) is 0.826. The van der Waals surface area contributed by atoms with Gasteiger partial charge in [0.05, 0.1) is 6.04 Å². The van der Waals surface area contributed by atoms with Gasteiger partial charge in [0, 0.05) is 25.7 Å². The van der Waals surface area contributed by atoms with Gasteiger partial charge in [-0.25, -0.2) is 0 Å². The predicted molar refractivity (Wildman–Crippen MR) is 89.5 cm³/mol. The largest absolute Gasteiger partial charge is 0.336 e. The van der Waals surface area contributed by atoms with Crippen LogP contribution < -0.4 is 11.1 Å². The van der Waals surface area contributed by atoms with Crippen LogP contribution in [0.2, 0.25) is 0 Å². The lowest BCUT2D eigenvalue weighted by Crippen LogP contribution is -2.58. The van der Waals surface area contributed by atoms with Crippen molar-refractivity contribution in [3.05, 3.63) is 35.9 Å². The van der Waals surface area contributed by atoms with E-state index in [-0.39, 0.29) is 11.9 Å². The highest BCUT2D eigenvalue weighted by molar-refractivity contribution is 7.98. The zero-order valence-electron chi connectivity index (χ0n) is 12.6. The van der Waals surface area contributed by atoms with E-state index < -0.39 is 6.04 Å². The standard InChI is InChI=1S/C16H25N3OS/c1-21-10-7-14-12-18-8-9-19(14)16(20)15(17)11-13-5-3-2-4-6-13/h2-6,14-15,18H,7-12,17H2,1H3/t14-,15+/m1/s1. The van der Waals surface area contributed by atoms with Gasteiger partial charge in [-0.05, 0) is 30.4 Å². The summed E-state index contributed by atoms with van der Waals surface area (Å²) >= 11 is 1.82. The molecule has 1 aromatic rings. The van der Waals surface area contributed by atoms with E-state index in [4.69, 9.17) is 5.73 Å². The minimum absolute atomic E-state index is 0.0893. The van der Waals surface area contributed by atoms with Crippen molar-refractivity contribution in [2.45, 2.75) is 24.9 Å². The number of carbonyl (C=O) groups is 1. The first kappa shape index (κ1) is 16.3. The van der Waals surface area contributed by atoms with Gasteiger partial charge in [-0.3, -0.25) is 4.79 Å². The van der Waals surface area contributed by atoms with Crippen molar-refractivity contribution >= 4 is 17.7 Å². The normalized spacial score (nSPS) is 20.3. The summed E-state index contributed by atoms with van der Waals surface area (Å²) in [6, 6.07) is 9.83. The highest BCUT2D eigenvalue weighted by Gasteiger charge is 2.29. The Kier molecular flexibility index (Phi) is 6.54. The van der Waals surface area contributed by atoms with Crippen LogP contribution in [0.4, 0.5) is 0 Å². The first-order valence-corrected chi connectivity index (χ1v) is 8.91. The molecule has 4 nitrogen and oxygen atoms in total. The third kappa shape index (κ3) is 4.73. The average Bonchev–Trinajstić information content (AvgIpc) is 2.53. The molecule has 21 heavy (non-hydrogen) atoms. The maximum absolute atomic E-state index is 12.6. The maximum atomic E-state index is 12.6. The molecular formula is C16H25N3OS. The fraction of sp³-hybridized carbons (Fsp3) is 0.562. The molecule has 0 aromatic heterocycles. The van der Waals surface area contributed by atoms with Crippen LogP contribution in [0.1, 0.15) is 12.0 Å². The molecule has 0 bridgehead atoms. The van der Waals surface area contributed by atoms with Crippen LogP contribution in [0.5, 0.6) is 0 Å². The molecule has 1 saturated heterocycles. The maximum Gasteiger partial charge on any atom is 0.240 e. The lowest BCUT2D eigenvalue weighted by Gasteiger charge is -2.37. The van der Waals surface area contributed by atoms with Crippen LogP contribution in [-0.2, 0) is 11.2 Å². The van der Waals surface area contributed by atoms with Crippen molar-refractivity contribution in [3.63, 3.8) is 0 Å². The smallest absolute Gasteiger partial charge is 0.240 e. The number of thioether (sulfide) groups is 1. The number of benzene rings is 1. The molecule has 0 radical (unpaired) electrons. The van der Waals surface area contributed by atoms with Crippen LogP contribution >= 0.6 is 11.8 Å².